The second-order valence-electron chi connectivity index (χ2n) is 10.2. The molecule has 0 atom stereocenters. The number of rotatable bonds is 2. The first kappa shape index (κ1) is 21.3. The van der Waals surface area contributed by atoms with E-state index in [2.05, 4.69) is 113 Å². The van der Waals surface area contributed by atoms with Crippen LogP contribution in [-0.4, -0.2) is 23.3 Å². The largest absolute Gasteiger partial charge is 0.494 e. The van der Waals surface area contributed by atoms with E-state index in [4.69, 9.17) is 14.3 Å². The smallest absolute Gasteiger partial charge is 0.399 e. The van der Waals surface area contributed by atoms with E-state index in [9.17, 15) is 0 Å². The highest BCUT2D eigenvalue weighted by molar-refractivity contribution is 6.62. The van der Waals surface area contributed by atoms with E-state index in [1.54, 1.807) is 0 Å². The SMILES string of the molecule is CC1(C)OB(c2ccc(-c3nc4ccccc4c4c5c(ccc34)C=CC=CC5)cc2)OC1(C)C. The highest BCUT2D eigenvalue weighted by atomic mass is 16.7. The molecule has 1 aromatic heterocycles. The Morgan fingerprint density at radius 3 is 2.29 bits per heavy atom. The van der Waals surface area contributed by atoms with Gasteiger partial charge in [-0.1, -0.05) is 78.9 Å². The summed E-state index contributed by atoms with van der Waals surface area (Å²) >= 11 is 0. The summed E-state index contributed by atoms with van der Waals surface area (Å²) in [6.45, 7) is 8.33. The molecule has 2 aliphatic rings. The monoisotopic (exact) mass is 445 g/mol. The molecule has 4 heteroatoms. The van der Waals surface area contributed by atoms with Gasteiger partial charge >= 0.3 is 7.12 Å². The maximum absolute atomic E-state index is 6.25. The maximum atomic E-state index is 6.25. The number of fused-ring (bicyclic) bond motifs is 5. The van der Waals surface area contributed by atoms with E-state index in [1.807, 2.05) is 0 Å². The lowest BCUT2D eigenvalue weighted by Crippen LogP contribution is -2.41. The summed E-state index contributed by atoms with van der Waals surface area (Å²) in [5.74, 6) is 0. The topological polar surface area (TPSA) is 31.4 Å². The number of nitrogens with zero attached hydrogens (tertiary/aromatic N) is 1. The van der Waals surface area contributed by atoms with Gasteiger partial charge in [0.2, 0.25) is 0 Å². The Labute approximate surface area is 201 Å². The Kier molecular flexibility index (Phi) is 4.81. The molecule has 4 aromatic rings. The highest BCUT2D eigenvalue weighted by Gasteiger charge is 2.51. The minimum atomic E-state index is -0.366. The van der Waals surface area contributed by atoms with Crippen LogP contribution < -0.4 is 5.46 Å². The quantitative estimate of drug-likeness (QED) is 0.261. The fourth-order valence-corrected chi connectivity index (χ4v) is 4.93. The zero-order chi connectivity index (χ0) is 23.5. The molecule has 1 aliphatic heterocycles. The van der Waals surface area contributed by atoms with Crippen LogP contribution in [0.25, 0.3) is 39.0 Å². The van der Waals surface area contributed by atoms with Crippen molar-refractivity contribution in [3.05, 3.63) is 90.0 Å². The molecule has 0 unspecified atom stereocenters. The minimum absolute atomic E-state index is 0.354. The highest BCUT2D eigenvalue weighted by Crippen LogP contribution is 2.38. The van der Waals surface area contributed by atoms with E-state index in [-0.39, 0.29) is 18.3 Å². The van der Waals surface area contributed by atoms with Gasteiger partial charge in [0.1, 0.15) is 0 Å². The predicted octanol–water partition coefficient (Wildman–Crippen LogP) is 6.48. The van der Waals surface area contributed by atoms with Crippen molar-refractivity contribution < 1.29 is 9.31 Å². The standard InChI is InChI=1S/C30H28BNO2/c1-29(2)30(3,4)34-31(33-29)22-17-14-21(15-18-22)28-25-19-16-20-10-6-5-7-11-23(20)27(25)24-12-8-9-13-26(24)32-28/h5-10,12-19H,11H2,1-4H3. The average Bonchev–Trinajstić information content (AvgIpc) is 2.98. The van der Waals surface area contributed by atoms with E-state index in [0.29, 0.717) is 0 Å². The van der Waals surface area contributed by atoms with Crippen molar-refractivity contribution in [1.82, 2.24) is 4.98 Å². The summed E-state index contributed by atoms with van der Waals surface area (Å²) < 4.78 is 12.5. The van der Waals surface area contributed by atoms with E-state index in [1.165, 1.54) is 27.3 Å². The number of hydrogen-bond acceptors (Lipinski definition) is 3. The lowest BCUT2D eigenvalue weighted by atomic mass is 9.78. The van der Waals surface area contributed by atoms with Crippen molar-refractivity contribution >= 4 is 40.3 Å². The number of aromatic nitrogens is 1. The Morgan fingerprint density at radius 1 is 0.794 bits per heavy atom. The third-order valence-electron chi connectivity index (χ3n) is 7.56. The van der Waals surface area contributed by atoms with Crippen LogP contribution in [0.2, 0.25) is 0 Å². The lowest BCUT2D eigenvalue weighted by Gasteiger charge is -2.32. The van der Waals surface area contributed by atoms with Gasteiger partial charge in [-0.2, -0.15) is 0 Å². The molecule has 0 radical (unpaired) electrons. The first-order valence-corrected chi connectivity index (χ1v) is 12.0. The predicted molar refractivity (Wildman–Crippen MR) is 142 cm³/mol. The normalized spacial score (nSPS) is 18.4. The van der Waals surface area contributed by atoms with Crippen molar-refractivity contribution in [2.24, 2.45) is 0 Å². The Hall–Kier alpha value is -3.21. The molecular formula is C30H28BNO2. The molecule has 3 nitrogen and oxygen atoms in total. The van der Waals surface area contributed by atoms with Gasteiger partial charge in [-0.15, -0.1) is 0 Å². The second kappa shape index (κ2) is 7.66. The molecule has 6 rings (SSSR count). The van der Waals surface area contributed by atoms with Crippen molar-refractivity contribution in [2.45, 2.75) is 45.3 Å². The number of para-hydroxylation sites is 1. The fraction of sp³-hybridized carbons (Fsp3) is 0.233. The van der Waals surface area contributed by atoms with Gasteiger partial charge in [-0.25, -0.2) is 4.98 Å². The summed E-state index contributed by atoms with van der Waals surface area (Å²) in [5.41, 5.74) is 6.07. The molecule has 3 aromatic carbocycles. The van der Waals surface area contributed by atoms with E-state index >= 15 is 0 Å². The van der Waals surface area contributed by atoms with Crippen LogP contribution in [0.5, 0.6) is 0 Å². The van der Waals surface area contributed by atoms with Gasteiger partial charge in [0.05, 0.1) is 22.4 Å². The molecular weight excluding hydrogens is 417 g/mol. The molecule has 1 saturated heterocycles. The summed E-state index contributed by atoms with van der Waals surface area (Å²) in [4.78, 5) is 5.12. The van der Waals surface area contributed by atoms with Gasteiger partial charge in [0.25, 0.3) is 0 Å². The summed E-state index contributed by atoms with van der Waals surface area (Å²) in [5, 5.41) is 3.68. The van der Waals surface area contributed by atoms with Crippen LogP contribution in [0.15, 0.2) is 78.9 Å². The molecule has 0 spiro atoms. The molecule has 0 saturated carbocycles. The van der Waals surface area contributed by atoms with Gasteiger partial charge < -0.3 is 9.31 Å². The first-order valence-electron chi connectivity index (χ1n) is 12.0. The van der Waals surface area contributed by atoms with Crippen LogP contribution >= 0.6 is 0 Å². The molecule has 0 amide bonds. The molecule has 1 fully saturated rings. The van der Waals surface area contributed by atoms with E-state index < -0.39 is 0 Å². The van der Waals surface area contributed by atoms with Crippen LogP contribution in [0.3, 0.4) is 0 Å². The third kappa shape index (κ3) is 3.33. The fourth-order valence-electron chi connectivity index (χ4n) is 4.93. The van der Waals surface area contributed by atoms with Gasteiger partial charge in [-0.05, 0) is 62.2 Å². The first-order chi connectivity index (χ1) is 16.3. The zero-order valence-corrected chi connectivity index (χ0v) is 20.1. The van der Waals surface area contributed by atoms with E-state index in [0.717, 1.165) is 28.7 Å². The molecule has 0 bridgehead atoms. The Balaban J connectivity index is 1.50. The molecule has 0 N–H and O–H groups in total. The maximum Gasteiger partial charge on any atom is 0.494 e. The van der Waals surface area contributed by atoms with Crippen LogP contribution in [0.4, 0.5) is 0 Å². The van der Waals surface area contributed by atoms with Crippen molar-refractivity contribution in [3.8, 4) is 11.3 Å². The van der Waals surface area contributed by atoms with Crippen molar-refractivity contribution in [1.29, 1.82) is 0 Å². The zero-order valence-electron chi connectivity index (χ0n) is 20.1. The average molecular weight is 445 g/mol. The van der Waals surface area contributed by atoms with Crippen LogP contribution in [-0.2, 0) is 15.7 Å². The van der Waals surface area contributed by atoms with Crippen molar-refractivity contribution in [2.75, 3.05) is 0 Å². The van der Waals surface area contributed by atoms with Crippen LogP contribution in [0.1, 0.15) is 38.8 Å². The summed E-state index contributed by atoms with van der Waals surface area (Å²) in [7, 11) is -0.366. The number of benzene rings is 3. The number of allylic oxidation sites excluding steroid dienone is 3. The molecule has 2 heterocycles. The number of pyridine rings is 1. The molecule has 168 valence electrons. The van der Waals surface area contributed by atoms with Gasteiger partial charge in [0, 0.05) is 16.3 Å². The van der Waals surface area contributed by atoms with Crippen molar-refractivity contribution in [3.63, 3.8) is 0 Å². The molecule has 34 heavy (non-hydrogen) atoms. The lowest BCUT2D eigenvalue weighted by molar-refractivity contribution is 0.00578. The Bertz CT molecular complexity index is 1470. The minimum Gasteiger partial charge on any atom is -0.399 e. The Morgan fingerprint density at radius 2 is 1.53 bits per heavy atom. The third-order valence-corrected chi connectivity index (χ3v) is 7.56. The van der Waals surface area contributed by atoms with Gasteiger partial charge in [-0.3, -0.25) is 0 Å². The summed E-state index contributed by atoms with van der Waals surface area (Å²) in [6, 6.07) is 21.4. The van der Waals surface area contributed by atoms with Gasteiger partial charge in [0.15, 0.2) is 0 Å². The second-order valence-corrected chi connectivity index (χ2v) is 10.2. The molecule has 1 aliphatic carbocycles. The summed E-state index contributed by atoms with van der Waals surface area (Å²) in [6.07, 6.45) is 9.59. The number of hydrogen-bond donors (Lipinski definition) is 0. The van der Waals surface area contributed by atoms with Crippen LogP contribution in [0, 0.1) is 0 Å².